The van der Waals surface area contributed by atoms with Gasteiger partial charge < -0.3 is 28.5 Å². The zero-order valence-corrected chi connectivity index (χ0v) is 18.4. The third-order valence-electron chi connectivity index (χ3n) is 5.49. The van der Waals surface area contributed by atoms with Crippen molar-refractivity contribution in [3.05, 3.63) is 0 Å². The topological polar surface area (TPSA) is 0 Å². The Hall–Kier alpha value is 0.690. The highest BCUT2D eigenvalue weighted by molar-refractivity contribution is 4.82. The fourth-order valence-corrected chi connectivity index (χ4v) is 4.55. The third-order valence-corrected chi connectivity index (χ3v) is 5.49. The first-order valence-corrected chi connectivity index (χ1v) is 9.56. The molecule has 1 nitrogen and oxygen atoms in total. The van der Waals surface area contributed by atoms with Crippen LogP contribution in [-0.4, -0.2) is 31.7 Å². The van der Waals surface area contributed by atoms with Gasteiger partial charge in [-0.25, -0.2) is 0 Å². The van der Waals surface area contributed by atoms with Crippen LogP contribution in [0, 0.1) is 17.3 Å². The molecule has 1 fully saturated rings. The van der Waals surface area contributed by atoms with E-state index >= 15 is 0 Å². The maximum atomic E-state index is 2.48. The van der Waals surface area contributed by atoms with Gasteiger partial charge in [0, 0.05) is 0 Å². The van der Waals surface area contributed by atoms with Gasteiger partial charge in [0.15, 0.2) is 0 Å². The van der Waals surface area contributed by atoms with E-state index in [0.29, 0.717) is 5.41 Å². The normalized spacial score (nSPS) is 24.8. The first-order valence-electron chi connectivity index (χ1n) is 9.56. The van der Waals surface area contributed by atoms with Crippen molar-refractivity contribution in [2.24, 2.45) is 17.3 Å². The lowest BCUT2D eigenvalue weighted by molar-refractivity contribution is -0.891. The van der Waals surface area contributed by atoms with Gasteiger partial charge in [0.1, 0.15) is 0 Å². The second kappa shape index (κ2) is 10.5. The lowest BCUT2D eigenvalue weighted by Crippen LogP contribution is -3.00. The molecule has 1 aliphatic rings. The number of rotatable bonds is 9. The van der Waals surface area contributed by atoms with Gasteiger partial charge in [-0.2, -0.15) is 0 Å². The average molecular weight is 423 g/mol. The monoisotopic (exact) mass is 423 g/mol. The van der Waals surface area contributed by atoms with E-state index in [1.54, 1.807) is 0 Å². The summed E-state index contributed by atoms with van der Waals surface area (Å²) in [5.41, 5.74) is 0.583. The quantitative estimate of drug-likeness (QED) is 0.304. The van der Waals surface area contributed by atoms with Crippen molar-refractivity contribution in [2.45, 2.75) is 85.5 Å². The van der Waals surface area contributed by atoms with Crippen LogP contribution < -0.4 is 24.0 Å². The van der Waals surface area contributed by atoms with Crippen LogP contribution in [0.25, 0.3) is 0 Å². The van der Waals surface area contributed by atoms with E-state index in [0.717, 1.165) is 11.8 Å². The molecule has 0 aliphatic heterocycles. The van der Waals surface area contributed by atoms with Crippen LogP contribution >= 0.6 is 0 Å². The molecule has 0 heterocycles. The summed E-state index contributed by atoms with van der Waals surface area (Å²) in [6, 6.07) is 0. The summed E-state index contributed by atoms with van der Waals surface area (Å²) in [4.78, 5) is 0. The predicted octanol–water partition coefficient (Wildman–Crippen LogP) is 2.89. The van der Waals surface area contributed by atoms with E-state index in [1.165, 1.54) is 75.4 Å². The molecule has 0 spiro atoms. The first-order chi connectivity index (χ1) is 9.74. The zero-order chi connectivity index (χ0) is 15.9. The Bertz CT molecular complexity index is 285. The van der Waals surface area contributed by atoms with E-state index in [9.17, 15) is 0 Å². The fourth-order valence-electron chi connectivity index (χ4n) is 4.55. The van der Waals surface area contributed by atoms with Crippen molar-refractivity contribution in [2.75, 3.05) is 27.2 Å². The molecule has 2 atom stereocenters. The number of halogens is 1. The molecule has 0 radical (unpaired) electrons. The summed E-state index contributed by atoms with van der Waals surface area (Å²) < 4.78 is 1.23. The smallest absolute Gasteiger partial charge is 0.0785 e. The van der Waals surface area contributed by atoms with E-state index < -0.39 is 0 Å². The van der Waals surface area contributed by atoms with Crippen LogP contribution in [0.1, 0.15) is 85.5 Å². The summed E-state index contributed by atoms with van der Waals surface area (Å²) >= 11 is 0. The van der Waals surface area contributed by atoms with Gasteiger partial charge in [-0.05, 0) is 55.8 Å². The molecule has 0 bridgehead atoms. The van der Waals surface area contributed by atoms with Crippen molar-refractivity contribution >= 4 is 0 Å². The van der Waals surface area contributed by atoms with Gasteiger partial charge in [-0.1, -0.05) is 47.0 Å². The Balaban J connectivity index is 0.00000441. The molecule has 2 unspecified atom stereocenters. The molecule has 134 valence electrons. The molecule has 0 aromatic rings. The van der Waals surface area contributed by atoms with Crippen LogP contribution in [0.5, 0.6) is 0 Å². The van der Waals surface area contributed by atoms with Crippen LogP contribution in [0.3, 0.4) is 0 Å². The minimum atomic E-state index is 0. The fraction of sp³-hybridized carbons (Fsp3) is 1.00. The van der Waals surface area contributed by atoms with Crippen molar-refractivity contribution in [1.82, 2.24) is 0 Å². The predicted molar refractivity (Wildman–Crippen MR) is 95.5 cm³/mol. The number of hydrogen-bond acceptors (Lipinski definition) is 0. The van der Waals surface area contributed by atoms with Gasteiger partial charge in [0.2, 0.25) is 0 Å². The van der Waals surface area contributed by atoms with Gasteiger partial charge >= 0.3 is 0 Å². The lowest BCUT2D eigenvalue weighted by Gasteiger charge is -2.40. The van der Waals surface area contributed by atoms with E-state index in [-0.39, 0.29) is 24.0 Å². The Morgan fingerprint density at radius 3 is 2.18 bits per heavy atom. The van der Waals surface area contributed by atoms with Crippen molar-refractivity contribution < 1.29 is 28.5 Å². The van der Waals surface area contributed by atoms with Gasteiger partial charge in [0.25, 0.3) is 0 Å². The highest BCUT2D eigenvalue weighted by atomic mass is 127. The second-order valence-corrected chi connectivity index (χ2v) is 9.37. The molecule has 0 aromatic carbocycles. The van der Waals surface area contributed by atoms with Crippen molar-refractivity contribution in [1.29, 1.82) is 0 Å². The lowest BCUT2D eigenvalue weighted by atomic mass is 9.67. The third kappa shape index (κ3) is 9.75. The van der Waals surface area contributed by atoms with Crippen molar-refractivity contribution in [3.8, 4) is 0 Å². The van der Waals surface area contributed by atoms with Crippen molar-refractivity contribution in [3.63, 3.8) is 0 Å². The van der Waals surface area contributed by atoms with E-state index in [1.807, 2.05) is 0 Å². The summed E-state index contributed by atoms with van der Waals surface area (Å²) in [6.45, 7) is 12.5. The summed E-state index contributed by atoms with van der Waals surface area (Å²) in [5.74, 6) is 1.91. The molecular weight excluding hydrogens is 381 g/mol. The van der Waals surface area contributed by atoms with E-state index in [4.69, 9.17) is 0 Å². The second-order valence-electron chi connectivity index (χ2n) is 9.37. The van der Waals surface area contributed by atoms with E-state index in [2.05, 4.69) is 41.8 Å². The maximum Gasteiger partial charge on any atom is 0.0785 e. The van der Waals surface area contributed by atoms with Gasteiger partial charge in [-0.15, -0.1) is 0 Å². The largest absolute Gasteiger partial charge is 1.00 e. The molecule has 0 N–H and O–H groups in total. The molecule has 1 rings (SSSR count). The maximum absolute atomic E-state index is 2.48. The molecule has 0 aromatic heterocycles. The highest BCUT2D eigenvalue weighted by Gasteiger charge is 2.32. The van der Waals surface area contributed by atoms with Crippen LogP contribution in [0.4, 0.5) is 0 Å². The highest BCUT2D eigenvalue weighted by Crippen LogP contribution is 2.42. The number of nitrogens with zero attached hydrogens (tertiary/aromatic N) is 1. The first kappa shape index (κ1) is 22.7. The van der Waals surface area contributed by atoms with Crippen LogP contribution in [0.2, 0.25) is 0 Å². The Morgan fingerprint density at radius 2 is 1.59 bits per heavy atom. The molecule has 1 saturated carbocycles. The summed E-state index contributed by atoms with van der Waals surface area (Å²) in [5, 5.41) is 0. The molecule has 1 aliphatic carbocycles. The minimum Gasteiger partial charge on any atom is -1.00 e. The molecule has 2 heteroatoms. The number of quaternary nitrogens is 1. The zero-order valence-electron chi connectivity index (χ0n) is 16.3. The number of unbranched alkanes of at least 4 members (excludes halogenated alkanes) is 4. The molecular formula is C20H42IN. The van der Waals surface area contributed by atoms with Crippen LogP contribution in [-0.2, 0) is 0 Å². The summed E-state index contributed by atoms with van der Waals surface area (Å²) in [7, 11) is 4.88. The molecule has 0 amide bonds. The standard InChI is InChI=1S/C20H42N.HI/c1-7-8-9-10-11-13-21(5,6)14-12-19-15-18(2)16-20(3,4)17-19;/h18-19H,7-17H2,1-6H3;1H/q+1;/p-1. The Kier molecular flexibility index (Phi) is 10.9. The molecule has 22 heavy (non-hydrogen) atoms. The number of hydrogen-bond donors (Lipinski definition) is 0. The van der Waals surface area contributed by atoms with Gasteiger partial charge in [-0.3, -0.25) is 0 Å². The van der Waals surface area contributed by atoms with Gasteiger partial charge in [0.05, 0.1) is 27.2 Å². The average Bonchev–Trinajstić information content (AvgIpc) is 2.34. The molecule has 0 saturated heterocycles. The summed E-state index contributed by atoms with van der Waals surface area (Å²) in [6.07, 6.45) is 12.9. The SMILES string of the molecule is CCCCCCC[N+](C)(C)CCC1CC(C)CC(C)(C)C1.[I-]. The minimum absolute atomic E-state index is 0. The Labute approximate surface area is 158 Å². The Morgan fingerprint density at radius 1 is 0.955 bits per heavy atom. The van der Waals surface area contributed by atoms with Crippen LogP contribution in [0.15, 0.2) is 0 Å².